The zero-order chi connectivity index (χ0) is 29.4. The van der Waals surface area contributed by atoms with Crippen molar-refractivity contribution < 1.29 is 24.2 Å². The molecule has 0 unspecified atom stereocenters. The maximum absolute atomic E-state index is 12.9. The first-order valence-electron chi connectivity index (χ1n) is 13.5. The number of halogens is 2. The van der Waals surface area contributed by atoms with Gasteiger partial charge < -0.3 is 15.2 Å². The van der Waals surface area contributed by atoms with Crippen LogP contribution in [0.1, 0.15) is 42.4 Å². The number of hydrazine groups is 1. The Morgan fingerprint density at radius 2 is 1.46 bits per heavy atom. The molecule has 2 amide bonds. The van der Waals surface area contributed by atoms with Crippen molar-refractivity contribution in [3.8, 4) is 5.75 Å². The van der Waals surface area contributed by atoms with E-state index in [9.17, 15) is 19.5 Å². The molecule has 1 fully saturated rings. The lowest BCUT2D eigenvalue weighted by atomic mass is 9.81. The maximum Gasteiger partial charge on any atom is 0.326 e. The Labute approximate surface area is 249 Å². The molecular weight excluding hydrogens is 565 g/mol. The summed E-state index contributed by atoms with van der Waals surface area (Å²) < 4.78 is 5.79. The molecule has 0 heterocycles. The second-order valence-corrected chi connectivity index (χ2v) is 11.1. The topological polar surface area (TPSA) is 117 Å². The summed E-state index contributed by atoms with van der Waals surface area (Å²) in [5.74, 6) is -1.49. The second kappa shape index (κ2) is 14.2. The summed E-state index contributed by atoms with van der Waals surface area (Å²) in [5, 5.41) is 13.5. The smallest absolute Gasteiger partial charge is 0.326 e. The number of carbonyl (C=O) groups excluding carboxylic acids is 2. The number of aliphatic carboxylic acids is 1. The number of amides is 2. The van der Waals surface area contributed by atoms with Gasteiger partial charge >= 0.3 is 5.97 Å². The average molecular weight is 599 g/mol. The molecule has 0 aliphatic heterocycles. The van der Waals surface area contributed by atoms with Crippen LogP contribution in [0.3, 0.4) is 0 Å². The highest BCUT2D eigenvalue weighted by molar-refractivity contribution is 6.35. The van der Waals surface area contributed by atoms with E-state index in [1.807, 2.05) is 31.2 Å². The molecule has 41 heavy (non-hydrogen) atoms. The third kappa shape index (κ3) is 8.62. The molecule has 0 bridgehead atoms. The van der Waals surface area contributed by atoms with Crippen LogP contribution in [0.2, 0.25) is 10.0 Å². The molecule has 0 saturated heterocycles. The number of carboxylic acid groups (broad SMARTS) is 1. The Balaban J connectivity index is 1.23. The number of ether oxygens (including phenoxy) is 1. The molecule has 4 N–H and O–H groups in total. The summed E-state index contributed by atoms with van der Waals surface area (Å²) in [6, 6.07) is 18.8. The van der Waals surface area contributed by atoms with E-state index < -0.39 is 12.0 Å². The van der Waals surface area contributed by atoms with E-state index in [1.54, 1.807) is 42.5 Å². The molecule has 1 aliphatic carbocycles. The molecule has 0 spiro atoms. The largest absolute Gasteiger partial charge is 0.489 e. The predicted molar refractivity (Wildman–Crippen MR) is 159 cm³/mol. The van der Waals surface area contributed by atoms with Crippen molar-refractivity contribution in [2.45, 2.75) is 51.7 Å². The molecular formula is C31H33Cl2N3O5. The number of aryl methyl sites for hydroxylation is 1. The number of anilines is 1. The van der Waals surface area contributed by atoms with Gasteiger partial charge in [-0.3, -0.25) is 20.4 Å². The SMILES string of the molecule is Cc1ccc(NNC(=O)C2CCC(C(=O)N[C@@H](Cc3ccc(OCc4c(Cl)cccc4Cl)cc3)C(=O)O)CC2)cc1. The number of nitrogens with one attached hydrogen (secondary N) is 3. The van der Waals surface area contributed by atoms with Gasteiger partial charge in [-0.25, -0.2) is 4.79 Å². The van der Waals surface area contributed by atoms with Crippen molar-refractivity contribution in [2.75, 3.05) is 5.43 Å². The van der Waals surface area contributed by atoms with E-state index >= 15 is 0 Å². The number of rotatable bonds is 11. The quantitative estimate of drug-likeness (QED) is 0.203. The molecule has 3 aromatic rings. The van der Waals surface area contributed by atoms with Crippen LogP contribution in [0.15, 0.2) is 66.7 Å². The molecule has 4 rings (SSSR count). The molecule has 10 heteroatoms. The summed E-state index contributed by atoms with van der Waals surface area (Å²) in [6.45, 7) is 2.18. The minimum absolute atomic E-state index is 0.116. The maximum atomic E-state index is 12.9. The molecule has 216 valence electrons. The van der Waals surface area contributed by atoms with Crippen LogP contribution in [0.5, 0.6) is 5.75 Å². The van der Waals surface area contributed by atoms with Gasteiger partial charge in [-0.1, -0.05) is 59.1 Å². The van der Waals surface area contributed by atoms with Crippen LogP contribution < -0.4 is 20.9 Å². The van der Waals surface area contributed by atoms with Gasteiger partial charge in [0.15, 0.2) is 0 Å². The Bertz CT molecular complexity index is 1340. The first-order chi connectivity index (χ1) is 19.7. The molecule has 1 atom stereocenters. The van der Waals surface area contributed by atoms with Crippen molar-refractivity contribution in [1.82, 2.24) is 10.7 Å². The average Bonchev–Trinajstić information content (AvgIpc) is 2.97. The van der Waals surface area contributed by atoms with E-state index in [0.29, 0.717) is 47.0 Å². The Morgan fingerprint density at radius 1 is 0.878 bits per heavy atom. The molecule has 0 aromatic heterocycles. The minimum Gasteiger partial charge on any atom is -0.489 e. The third-order valence-corrected chi connectivity index (χ3v) is 7.98. The van der Waals surface area contributed by atoms with Gasteiger partial charge in [0, 0.05) is 33.9 Å². The summed E-state index contributed by atoms with van der Waals surface area (Å²) >= 11 is 12.4. The fourth-order valence-corrected chi connectivity index (χ4v) is 5.27. The lowest BCUT2D eigenvalue weighted by molar-refractivity contribution is -0.142. The zero-order valence-corrected chi connectivity index (χ0v) is 24.2. The standard InChI is InChI=1S/C31H33Cl2N3O5/c1-19-5-13-23(14-6-19)35-36-30(38)22-11-9-21(10-12-22)29(37)34-28(31(39)40)17-20-7-15-24(16-8-20)41-18-25-26(32)3-2-4-27(25)33/h2-8,13-16,21-22,28,35H,9-12,17-18H2,1H3,(H,34,37)(H,36,38)(H,39,40)/t21?,22?,28-/m0/s1. The number of hydrogen-bond donors (Lipinski definition) is 4. The van der Waals surface area contributed by atoms with Crippen LogP contribution in [0.25, 0.3) is 0 Å². The lowest BCUT2D eigenvalue weighted by Crippen LogP contribution is -2.46. The van der Waals surface area contributed by atoms with E-state index in [4.69, 9.17) is 27.9 Å². The monoisotopic (exact) mass is 597 g/mol. The van der Waals surface area contributed by atoms with E-state index in [0.717, 1.165) is 16.8 Å². The Morgan fingerprint density at radius 3 is 2.05 bits per heavy atom. The van der Waals surface area contributed by atoms with Crippen LogP contribution in [0.4, 0.5) is 5.69 Å². The highest BCUT2D eigenvalue weighted by Gasteiger charge is 2.32. The third-order valence-electron chi connectivity index (χ3n) is 7.27. The van der Waals surface area contributed by atoms with E-state index in [1.165, 1.54) is 0 Å². The van der Waals surface area contributed by atoms with Crippen molar-refractivity contribution in [3.63, 3.8) is 0 Å². The number of hydrogen-bond acceptors (Lipinski definition) is 5. The van der Waals surface area contributed by atoms with Gasteiger partial charge in [0.1, 0.15) is 18.4 Å². The summed E-state index contributed by atoms with van der Waals surface area (Å²) in [4.78, 5) is 37.4. The van der Waals surface area contributed by atoms with Crippen LogP contribution in [0, 0.1) is 18.8 Å². The van der Waals surface area contributed by atoms with E-state index in [2.05, 4.69) is 16.2 Å². The van der Waals surface area contributed by atoms with E-state index in [-0.39, 0.29) is 36.7 Å². The Hall–Kier alpha value is -3.75. The number of benzene rings is 3. The fourth-order valence-electron chi connectivity index (χ4n) is 4.76. The molecule has 1 saturated carbocycles. The highest BCUT2D eigenvalue weighted by Crippen LogP contribution is 2.30. The van der Waals surface area contributed by atoms with Crippen molar-refractivity contribution in [3.05, 3.63) is 93.5 Å². The van der Waals surface area contributed by atoms with Crippen LogP contribution >= 0.6 is 23.2 Å². The molecule has 8 nitrogen and oxygen atoms in total. The Kier molecular flexibility index (Phi) is 10.5. The zero-order valence-electron chi connectivity index (χ0n) is 22.7. The summed E-state index contributed by atoms with van der Waals surface area (Å²) in [6.07, 6.45) is 2.26. The van der Waals surface area contributed by atoms with Crippen molar-refractivity contribution in [1.29, 1.82) is 0 Å². The number of carbonyl (C=O) groups is 3. The van der Waals surface area contributed by atoms with Crippen molar-refractivity contribution >= 4 is 46.7 Å². The number of carboxylic acids is 1. The van der Waals surface area contributed by atoms with Gasteiger partial charge in [-0.05, 0) is 74.6 Å². The lowest BCUT2D eigenvalue weighted by Gasteiger charge is -2.28. The van der Waals surface area contributed by atoms with Gasteiger partial charge in [0.25, 0.3) is 0 Å². The second-order valence-electron chi connectivity index (χ2n) is 10.3. The van der Waals surface area contributed by atoms with Crippen LogP contribution in [-0.4, -0.2) is 28.9 Å². The normalized spacial score (nSPS) is 17.2. The summed E-state index contributed by atoms with van der Waals surface area (Å²) in [7, 11) is 0. The molecule has 1 aliphatic rings. The van der Waals surface area contributed by atoms with Gasteiger partial charge in [0.05, 0.1) is 5.69 Å². The highest BCUT2D eigenvalue weighted by atomic mass is 35.5. The van der Waals surface area contributed by atoms with Gasteiger partial charge in [-0.2, -0.15) is 0 Å². The first-order valence-corrected chi connectivity index (χ1v) is 14.3. The molecule has 0 radical (unpaired) electrons. The summed E-state index contributed by atoms with van der Waals surface area (Å²) in [5.41, 5.74) is 9.01. The predicted octanol–water partition coefficient (Wildman–Crippen LogP) is 5.94. The van der Waals surface area contributed by atoms with Gasteiger partial charge in [-0.15, -0.1) is 0 Å². The van der Waals surface area contributed by atoms with Crippen LogP contribution in [-0.2, 0) is 27.4 Å². The fraction of sp³-hybridized carbons (Fsp3) is 0.323. The minimum atomic E-state index is -1.11. The van der Waals surface area contributed by atoms with Gasteiger partial charge in [0.2, 0.25) is 11.8 Å². The first kappa shape index (κ1) is 30.2. The van der Waals surface area contributed by atoms with Crippen molar-refractivity contribution in [2.24, 2.45) is 11.8 Å². The molecule has 3 aromatic carbocycles.